The van der Waals surface area contributed by atoms with Gasteiger partial charge in [0.15, 0.2) is 0 Å². The number of nitrogens with two attached hydrogens (primary N) is 1. The van der Waals surface area contributed by atoms with Gasteiger partial charge in [-0.1, -0.05) is 6.92 Å². The number of aryl methyl sites for hydroxylation is 2. The van der Waals surface area contributed by atoms with Crippen molar-refractivity contribution in [3.8, 4) is 11.3 Å². The van der Waals surface area contributed by atoms with Gasteiger partial charge in [-0.05, 0) is 13.3 Å². The first-order chi connectivity index (χ1) is 7.20. The SMILES string of the molecule is CCCn1cc(-c2nc(C)sc2N)cn1. The summed E-state index contributed by atoms with van der Waals surface area (Å²) in [5, 5.41) is 6.02. The van der Waals surface area contributed by atoms with Gasteiger partial charge in [-0.2, -0.15) is 5.10 Å². The molecule has 0 fully saturated rings. The summed E-state index contributed by atoms with van der Waals surface area (Å²) < 4.78 is 1.92. The minimum Gasteiger partial charge on any atom is -0.389 e. The molecule has 15 heavy (non-hydrogen) atoms. The zero-order valence-corrected chi connectivity index (χ0v) is 9.71. The first kappa shape index (κ1) is 10.2. The zero-order chi connectivity index (χ0) is 10.8. The highest BCUT2D eigenvalue weighted by Gasteiger charge is 2.10. The van der Waals surface area contributed by atoms with Crippen LogP contribution in [0.15, 0.2) is 12.4 Å². The third-order valence-corrected chi connectivity index (χ3v) is 2.92. The number of anilines is 1. The molecule has 0 aromatic carbocycles. The lowest BCUT2D eigenvalue weighted by molar-refractivity contribution is 0.603. The Morgan fingerprint density at radius 2 is 2.33 bits per heavy atom. The van der Waals surface area contributed by atoms with Gasteiger partial charge in [0, 0.05) is 18.3 Å². The van der Waals surface area contributed by atoms with Gasteiger partial charge in [-0.15, -0.1) is 11.3 Å². The number of hydrogen-bond donors (Lipinski definition) is 1. The van der Waals surface area contributed by atoms with Gasteiger partial charge in [0.2, 0.25) is 0 Å². The molecule has 0 amide bonds. The Balaban J connectivity index is 2.32. The summed E-state index contributed by atoms with van der Waals surface area (Å²) >= 11 is 1.52. The van der Waals surface area contributed by atoms with Crippen LogP contribution in [-0.4, -0.2) is 14.8 Å². The van der Waals surface area contributed by atoms with Crippen LogP contribution >= 0.6 is 11.3 Å². The fraction of sp³-hybridized carbons (Fsp3) is 0.400. The van der Waals surface area contributed by atoms with Crippen LogP contribution < -0.4 is 5.73 Å². The van der Waals surface area contributed by atoms with E-state index < -0.39 is 0 Å². The van der Waals surface area contributed by atoms with Crippen molar-refractivity contribution in [3.05, 3.63) is 17.4 Å². The van der Waals surface area contributed by atoms with Crippen LogP contribution in [0.1, 0.15) is 18.4 Å². The minimum atomic E-state index is 0.767. The van der Waals surface area contributed by atoms with Crippen molar-refractivity contribution in [2.75, 3.05) is 5.73 Å². The van der Waals surface area contributed by atoms with E-state index in [0.29, 0.717) is 0 Å². The van der Waals surface area contributed by atoms with E-state index in [1.54, 1.807) is 0 Å². The molecule has 5 heteroatoms. The first-order valence-corrected chi connectivity index (χ1v) is 5.78. The van der Waals surface area contributed by atoms with Gasteiger partial charge in [0.1, 0.15) is 10.7 Å². The fourth-order valence-electron chi connectivity index (χ4n) is 1.49. The lowest BCUT2D eigenvalue weighted by Gasteiger charge is -1.95. The third kappa shape index (κ3) is 2.02. The van der Waals surface area contributed by atoms with Crippen LogP contribution in [0.3, 0.4) is 0 Å². The van der Waals surface area contributed by atoms with Gasteiger partial charge in [-0.25, -0.2) is 4.98 Å². The van der Waals surface area contributed by atoms with Crippen molar-refractivity contribution in [1.82, 2.24) is 14.8 Å². The lowest BCUT2D eigenvalue weighted by Crippen LogP contribution is -1.95. The zero-order valence-electron chi connectivity index (χ0n) is 8.90. The molecule has 2 N–H and O–H groups in total. The summed E-state index contributed by atoms with van der Waals surface area (Å²) in [6.07, 6.45) is 4.89. The van der Waals surface area contributed by atoms with E-state index in [4.69, 9.17) is 5.73 Å². The quantitative estimate of drug-likeness (QED) is 0.867. The molecule has 0 aliphatic carbocycles. The number of aromatic nitrogens is 3. The fourth-order valence-corrected chi connectivity index (χ4v) is 2.20. The highest BCUT2D eigenvalue weighted by Crippen LogP contribution is 2.29. The molecule has 2 aromatic rings. The molecule has 0 atom stereocenters. The Bertz CT molecular complexity index is 458. The minimum absolute atomic E-state index is 0.767. The molecular formula is C10H14N4S. The molecule has 0 saturated heterocycles. The molecule has 0 aliphatic heterocycles. The van der Waals surface area contributed by atoms with Crippen molar-refractivity contribution in [2.45, 2.75) is 26.8 Å². The maximum Gasteiger partial charge on any atom is 0.114 e. The predicted molar refractivity (Wildman–Crippen MR) is 62.8 cm³/mol. The van der Waals surface area contributed by atoms with Crippen LogP contribution in [0.2, 0.25) is 0 Å². The maximum absolute atomic E-state index is 5.88. The molecule has 0 unspecified atom stereocenters. The third-order valence-electron chi connectivity index (χ3n) is 2.12. The van der Waals surface area contributed by atoms with Gasteiger partial charge in [0.05, 0.1) is 11.2 Å². The number of nitrogens with zero attached hydrogens (tertiary/aromatic N) is 3. The van der Waals surface area contributed by atoms with E-state index in [1.807, 2.05) is 24.0 Å². The van der Waals surface area contributed by atoms with Gasteiger partial charge in [-0.3, -0.25) is 4.68 Å². The molecule has 0 bridgehead atoms. The molecule has 2 heterocycles. The molecule has 2 aromatic heterocycles. The first-order valence-electron chi connectivity index (χ1n) is 4.96. The molecule has 0 radical (unpaired) electrons. The van der Waals surface area contributed by atoms with Crippen LogP contribution in [0, 0.1) is 6.92 Å². The van der Waals surface area contributed by atoms with E-state index in [-0.39, 0.29) is 0 Å². The van der Waals surface area contributed by atoms with Crippen LogP contribution in [0.4, 0.5) is 5.00 Å². The highest BCUT2D eigenvalue weighted by molar-refractivity contribution is 7.16. The van der Waals surface area contributed by atoms with E-state index in [2.05, 4.69) is 17.0 Å². The number of thiazole rings is 1. The van der Waals surface area contributed by atoms with E-state index in [0.717, 1.165) is 34.2 Å². The Kier molecular flexibility index (Phi) is 2.73. The number of hydrogen-bond acceptors (Lipinski definition) is 4. The second kappa shape index (κ2) is 4.02. The predicted octanol–water partition coefficient (Wildman–Crippen LogP) is 2.31. The summed E-state index contributed by atoms with van der Waals surface area (Å²) in [5.41, 5.74) is 7.74. The maximum atomic E-state index is 5.88. The van der Waals surface area contributed by atoms with Crippen molar-refractivity contribution in [1.29, 1.82) is 0 Å². The molecule has 0 spiro atoms. The van der Waals surface area contributed by atoms with Gasteiger partial charge < -0.3 is 5.73 Å². The van der Waals surface area contributed by atoms with E-state index >= 15 is 0 Å². The topological polar surface area (TPSA) is 56.7 Å². The number of nitrogen functional groups attached to an aromatic ring is 1. The van der Waals surface area contributed by atoms with E-state index in [9.17, 15) is 0 Å². The average molecular weight is 222 g/mol. The molecular weight excluding hydrogens is 208 g/mol. The summed E-state index contributed by atoms with van der Waals surface area (Å²) in [4.78, 5) is 4.39. The Morgan fingerprint density at radius 3 is 2.93 bits per heavy atom. The van der Waals surface area contributed by atoms with Crippen molar-refractivity contribution in [3.63, 3.8) is 0 Å². The van der Waals surface area contributed by atoms with E-state index in [1.165, 1.54) is 11.3 Å². The average Bonchev–Trinajstić information content (AvgIpc) is 2.73. The van der Waals surface area contributed by atoms with Crippen molar-refractivity contribution >= 4 is 16.3 Å². The summed E-state index contributed by atoms with van der Waals surface area (Å²) in [7, 11) is 0. The van der Waals surface area contributed by atoms with Crippen molar-refractivity contribution in [2.24, 2.45) is 0 Å². The summed E-state index contributed by atoms with van der Waals surface area (Å²) in [6, 6.07) is 0. The molecule has 0 saturated carbocycles. The molecule has 2 rings (SSSR count). The van der Waals surface area contributed by atoms with Crippen LogP contribution in [-0.2, 0) is 6.54 Å². The lowest BCUT2D eigenvalue weighted by atomic mass is 10.3. The number of rotatable bonds is 3. The summed E-state index contributed by atoms with van der Waals surface area (Å²) in [6.45, 7) is 5.02. The van der Waals surface area contributed by atoms with Crippen LogP contribution in [0.5, 0.6) is 0 Å². The Hall–Kier alpha value is -1.36. The standard InChI is InChI=1S/C10H14N4S/c1-3-4-14-6-8(5-12-14)9-10(11)15-7(2)13-9/h5-6H,3-4,11H2,1-2H3. The van der Waals surface area contributed by atoms with Crippen molar-refractivity contribution < 1.29 is 0 Å². The largest absolute Gasteiger partial charge is 0.389 e. The molecule has 80 valence electrons. The Morgan fingerprint density at radius 1 is 1.53 bits per heavy atom. The normalized spacial score (nSPS) is 10.8. The van der Waals surface area contributed by atoms with Crippen LogP contribution in [0.25, 0.3) is 11.3 Å². The monoisotopic (exact) mass is 222 g/mol. The second-order valence-corrected chi connectivity index (χ2v) is 4.67. The molecule has 4 nitrogen and oxygen atoms in total. The summed E-state index contributed by atoms with van der Waals surface area (Å²) in [5.74, 6) is 0. The van der Waals surface area contributed by atoms with Gasteiger partial charge in [0.25, 0.3) is 0 Å². The molecule has 0 aliphatic rings. The highest BCUT2D eigenvalue weighted by atomic mass is 32.1. The smallest absolute Gasteiger partial charge is 0.114 e. The second-order valence-electron chi connectivity index (χ2n) is 3.44. The Labute approximate surface area is 92.8 Å². The van der Waals surface area contributed by atoms with Gasteiger partial charge >= 0.3 is 0 Å².